The fraction of sp³-hybridized carbons (Fsp3) is 0.214. The molecule has 0 fully saturated rings. The van der Waals surface area contributed by atoms with E-state index in [1.807, 2.05) is 0 Å². The van der Waals surface area contributed by atoms with Crippen LogP contribution in [0.15, 0.2) is 47.3 Å². The molecule has 4 nitrogen and oxygen atoms in total. The summed E-state index contributed by atoms with van der Waals surface area (Å²) in [5, 5.41) is 0. The van der Waals surface area contributed by atoms with E-state index in [9.17, 15) is 4.79 Å². The minimum Gasteiger partial charge on any atom is -0.497 e. The second-order valence-electron chi connectivity index (χ2n) is 3.31. The van der Waals surface area contributed by atoms with Crippen LogP contribution in [-0.2, 0) is 11.3 Å². The Labute approximate surface area is 114 Å². The maximum atomic E-state index is 12.1. The molecule has 94 valence electrons. The first-order valence-corrected chi connectivity index (χ1v) is 5.08. The van der Waals surface area contributed by atoms with Crippen LogP contribution < -0.4 is 10.3 Å². The molecule has 0 saturated heterocycles. The lowest BCUT2D eigenvalue weighted by Crippen LogP contribution is -2.17. The Hall–Kier alpha value is -2.07. The molecule has 0 saturated carbocycles. The molecule has 0 bridgehead atoms. The number of methoxy groups -OCH3 is 2. The van der Waals surface area contributed by atoms with Gasteiger partial charge in [-0.3, -0.25) is 9.36 Å². The van der Waals surface area contributed by atoms with Crippen LogP contribution in [0.5, 0.6) is 5.75 Å². The molecule has 0 N–H and O–H groups in total. The third-order valence-corrected chi connectivity index (χ3v) is 2.16. The first-order chi connectivity index (χ1) is 11.2. The van der Waals surface area contributed by atoms with E-state index in [0.29, 0.717) is 0 Å². The molecule has 0 unspecified atom stereocenters. The summed E-state index contributed by atoms with van der Waals surface area (Å²) in [7, 11) is 2.39. The van der Waals surface area contributed by atoms with Gasteiger partial charge in [0.2, 0.25) is 0 Å². The molecule has 1 heterocycles. The standard InChI is InChI=1S/C14H15NO3/c1-17-10-11-3-8-14(16)15(9-11)12-4-6-13(18-2)7-5-12/h3-9H,10H2,1-2H3/i4D,5D,6D,7D,10D2. The van der Waals surface area contributed by atoms with Crippen molar-refractivity contribution in [1.82, 2.24) is 4.57 Å². The number of ether oxygens (including phenoxy) is 2. The van der Waals surface area contributed by atoms with E-state index < -0.39 is 36.3 Å². The average Bonchev–Trinajstić information content (AvgIpc) is 2.55. The van der Waals surface area contributed by atoms with E-state index >= 15 is 0 Å². The van der Waals surface area contributed by atoms with Gasteiger partial charge in [0.15, 0.2) is 0 Å². The van der Waals surface area contributed by atoms with Crippen LogP contribution in [0.4, 0.5) is 0 Å². The fourth-order valence-electron chi connectivity index (χ4n) is 1.36. The van der Waals surface area contributed by atoms with Crippen molar-refractivity contribution in [2.45, 2.75) is 6.56 Å². The van der Waals surface area contributed by atoms with Crippen LogP contribution in [0.25, 0.3) is 5.69 Å². The Kier molecular flexibility index (Phi) is 2.07. The Morgan fingerprint density at radius 3 is 2.61 bits per heavy atom. The lowest BCUT2D eigenvalue weighted by Gasteiger charge is -2.08. The van der Waals surface area contributed by atoms with Crippen LogP contribution >= 0.6 is 0 Å². The van der Waals surface area contributed by atoms with Crippen molar-refractivity contribution in [2.75, 3.05) is 14.2 Å². The lowest BCUT2D eigenvalue weighted by molar-refractivity contribution is 0.184. The summed E-state index contributed by atoms with van der Waals surface area (Å²) >= 11 is 0. The minimum atomic E-state index is -2.18. The normalized spacial score (nSPS) is 15.9. The van der Waals surface area contributed by atoms with Crippen molar-refractivity contribution in [1.29, 1.82) is 0 Å². The summed E-state index contributed by atoms with van der Waals surface area (Å²) < 4.78 is 57.8. The number of pyridine rings is 1. The summed E-state index contributed by atoms with van der Waals surface area (Å²) in [6.45, 7) is -2.18. The molecule has 2 rings (SSSR count). The monoisotopic (exact) mass is 251 g/mol. The summed E-state index contributed by atoms with van der Waals surface area (Å²) in [5.41, 5.74) is -0.918. The third-order valence-electron chi connectivity index (χ3n) is 2.16. The van der Waals surface area contributed by atoms with Gasteiger partial charge in [0.1, 0.15) is 5.75 Å². The highest BCUT2D eigenvalue weighted by Crippen LogP contribution is 2.14. The second kappa shape index (κ2) is 5.51. The molecule has 4 heteroatoms. The van der Waals surface area contributed by atoms with Crippen molar-refractivity contribution in [2.24, 2.45) is 0 Å². The molecule has 0 aliphatic carbocycles. The van der Waals surface area contributed by atoms with Crippen molar-refractivity contribution in [3.63, 3.8) is 0 Å². The van der Waals surface area contributed by atoms with Crippen molar-refractivity contribution >= 4 is 0 Å². The second-order valence-corrected chi connectivity index (χ2v) is 3.31. The maximum Gasteiger partial charge on any atom is 0.255 e. The zero-order valence-electron chi connectivity index (χ0n) is 15.9. The predicted molar refractivity (Wildman–Crippen MR) is 69.3 cm³/mol. The number of hydrogen-bond acceptors (Lipinski definition) is 3. The molecule has 0 atom stereocenters. The van der Waals surface area contributed by atoms with Crippen LogP contribution in [0.1, 0.15) is 13.8 Å². The third kappa shape index (κ3) is 2.60. The van der Waals surface area contributed by atoms with Crippen LogP contribution in [0, 0.1) is 0 Å². The summed E-state index contributed by atoms with van der Waals surface area (Å²) in [6.07, 6.45) is 1.10. The molecule has 1 aromatic heterocycles. The fourth-order valence-corrected chi connectivity index (χ4v) is 1.36. The van der Waals surface area contributed by atoms with Gasteiger partial charge >= 0.3 is 0 Å². The summed E-state index contributed by atoms with van der Waals surface area (Å²) in [4.78, 5) is 12.1. The SMILES string of the molecule is [2H]c1c([2H])c(-n2cc(C([2H])([2H])OC)ccc2=O)c([2H])c([2H])c1OC. The van der Waals surface area contributed by atoms with Gasteiger partial charge in [-0.2, -0.15) is 0 Å². The summed E-state index contributed by atoms with van der Waals surface area (Å²) in [5.74, 6) is -0.231. The van der Waals surface area contributed by atoms with Crippen molar-refractivity contribution in [3.05, 3.63) is 58.4 Å². The van der Waals surface area contributed by atoms with Crippen molar-refractivity contribution in [3.8, 4) is 11.4 Å². The molecule has 2 aromatic rings. The molecule has 18 heavy (non-hydrogen) atoms. The first-order valence-electron chi connectivity index (χ1n) is 8.08. The van der Waals surface area contributed by atoms with E-state index in [1.165, 1.54) is 20.3 Å². The van der Waals surface area contributed by atoms with E-state index in [0.717, 1.165) is 16.8 Å². The molecule has 1 aromatic carbocycles. The Bertz CT molecular complexity index is 820. The topological polar surface area (TPSA) is 40.5 Å². The zero-order valence-corrected chi connectivity index (χ0v) is 9.90. The van der Waals surface area contributed by atoms with Crippen molar-refractivity contribution < 1.29 is 17.7 Å². The lowest BCUT2D eigenvalue weighted by atomic mass is 10.2. The first kappa shape index (κ1) is 6.75. The average molecular weight is 251 g/mol. The van der Waals surface area contributed by atoms with E-state index in [4.69, 9.17) is 17.7 Å². The van der Waals surface area contributed by atoms with E-state index in [-0.39, 0.29) is 17.0 Å². The number of benzene rings is 1. The number of nitrogens with zero attached hydrogens (tertiary/aromatic N) is 1. The Morgan fingerprint density at radius 2 is 2.00 bits per heavy atom. The zero-order chi connectivity index (χ0) is 18.2. The highest BCUT2D eigenvalue weighted by atomic mass is 16.5. The van der Waals surface area contributed by atoms with Gasteiger partial charge in [-0.25, -0.2) is 0 Å². The maximum absolute atomic E-state index is 12.1. The number of hydrogen-bond donors (Lipinski definition) is 0. The van der Waals surface area contributed by atoms with Gasteiger partial charge in [0.25, 0.3) is 5.56 Å². The molecule has 0 spiro atoms. The summed E-state index contributed by atoms with van der Waals surface area (Å²) in [6, 6.07) is 0.515. The van der Waals surface area contributed by atoms with Gasteiger partial charge in [0, 0.05) is 25.1 Å². The highest BCUT2D eigenvalue weighted by molar-refractivity contribution is 5.38. The van der Waals surface area contributed by atoms with Crippen LogP contribution in [0.3, 0.4) is 0 Å². The van der Waals surface area contributed by atoms with Gasteiger partial charge in [-0.1, -0.05) is 0 Å². The smallest absolute Gasteiger partial charge is 0.255 e. The number of rotatable bonds is 4. The molecule has 0 aliphatic heterocycles. The highest BCUT2D eigenvalue weighted by Gasteiger charge is 2.02. The molecule has 0 aliphatic rings. The van der Waals surface area contributed by atoms with Gasteiger partial charge in [-0.15, -0.1) is 0 Å². The quantitative estimate of drug-likeness (QED) is 0.834. The Balaban J connectivity index is 2.83. The largest absolute Gasteiger partial charge is 0.497 e. The van der Waals surface area contributed by atoms with Gasteiger partial charge in [0.05, 0.1) is 21.9 Å². The molecular weight excluding hydrogens is 230 g/mol. The van der Waals surface area contributed by atoms with Crippen LogP contribution in [-0.4, -0.2) is 18.8 Å². The van der Waals surface area contributed by atoms with Crippen LogP contribution in [0.2, 0.25) is 0 Å². The number of aromatic nitrogens is 1. The molecule has 0 amide bonds. The van der Waals surface area contributed by atoms with E-state index in [2.05, 4.69) is 0 Å². The minimum absolute atomic E-state index is 0.00252. The predicted octanol–water partition coefficient (Wildman–Crippen LogP) is 1.99. The van der Waals surface area contributed by atoms with E-state index in [1.54, 1.807) is 0 Å². The van der Waals surface area contributed by atoms with Gasteiger partial charge in [-0.05, 0) is 35.8 Å². The Morgan fingerprint density at radius 1 is 1.28 bits per heavy atom. The van der Waals surface area contributed by atoms with Gasteiger partial charge < -0.3 is 9.47 Å². The molecule has 0 radical (unpaired) electrons. The molecular formula is C14H15NO3.